The molecule has 0 aromatic heterocycles. The summed E-state index contributed by atoms with van der Waals surface area (Å²) in [5.74, 6) is -5.26. The van der Waals surface area contributed by atoms with Gasteiger partial charge in [0, 0.05) is 12.7 Å². The Balaban J connectivity index is 0.000000260. The molecule has 10 aromatic rings. The Morgan fingerprint density at radius 2 is 0.696 bits per heavy atom. The van der Waals surface area contributed by atoms with E-state index in [2.05, 4.69) is 51.4 Å². The number of benzene rings is 10. The third-order valence-electron chi connectivity index (χ3n) is 18.7. The van der Waals surface area contributed by atoms with Crippen LogP contribution < -0.4 is 42.6 Å². The fourth-order valence-electron chi connectivity index (χ4n) is 11.8. The van der Waals surface area contributed by atoms with E-state index in [0.717, 1.165) is 69.8 Å². The first-order valence-corrected chi connectivity index (χ1v) is 43.7. The summed E-state index contributed by atoms with van der Waals surface area (Å²) < 4.78 is 71.3. The Hall–Kier alpha value is -16.4. The van der Waals surface area contributed by atoms with Crippen molar-refractivity contribution in [2.24, 2.45) is 0 Å². The van der Waals surface area contributed by atoms with Crippen molar-refractivity contribution >= 4 is 130 Å². The molecule has 2 aliphatic rings. The predicted molar refractivity (Wildman–Crippen MR) is 494 cm³/mol. The maximum Gasteiger partial charge on any atom is 0.343 e. The van der Waals surface area contributed by atoms with E-state index in [1.165, 1.54) is 146 Å². The highest BCUT2D eigenvalue weighted by molar-refractivity contribution is 8.25. The predicted octanol–water partition coefficient (Wildman–Crippen LogP) is 20.2. The quantitative estimate of drug-likeness (QED) is 0.00318. The number of nitriles is 2. The minimum atomic E-state index is -0.785. The number of esters is 10. The van der Waals surface area contributed by atoms with E-state index in [9.17, 15) is 63.3 Å². The van der Waals surface area contributed by atoms with Gasteiger partial charge in [0.15, 0.2) is 0 Å². The van der Waals surface area contributed by atoms with Gasteiger partial charge in [0.25, 0.3) is 17.9 Å². The van der Waals surface area contributed by atoms with E-state index in [1.54, 1.807) is 78.9 Å². The Morgan fingerprint density at radius 1 is 0.378 bits per heavy atom. The fraction of sp³-hybridized carbons (Fsp3) is 0.129. The molecule has 0 aliphatic carbocycles. The first kappa shape index (κ1) is 99.2. The van der Waals surface area contributed by atoms with Gasteiger partial charge in [0.1, 0.15) is 58.4 Å². The Kier molecular flexibility index (Phi) is 36.9. The van der Waals surface area contributed by atoms with Gasteiger partial charge in [-0.15, -0.1) is 5.73 Å². The normalized spacial score (nSPS) is 11.9. The zero-order valence-corrected chi connectivity index (χ0v) is 74.4. The molecule has 0 atom stereocenters. The van der Waals surface area contributed by atoms with E-state index < -0.39 is 59.7 Å². The van der Waals surface area contributed by atoms with Crippen LogP contribution in [0.4, 0.5) is 0 Å². The summed E-state index contributed by atoms with van der Waals surface area (Å²) in [6.45, 7) is 31.9. The number of ether oxygens (including phenoxy) is 13. The summed E-state index contributed by atoms with van der Waals surface area (Å²) in [5, 5.41) is 27.6. The van der Waals surface area contributed by atoms with Crippen LogP contribution in [0, 0.1) is 35.8 Å². The Morgan fingerprint density at radius 3 is 1.04 bits per heavy atom. The molecule has 0 saturated heterocycles. The van der Waals surface area contributed by atoms with Crippen molar-refractivity contribution in [2.45, 2.75) is 58.1 Å². The van der Waals surface area contributed by atoms with E-state index in [1.807, 2.05) is 12.1 Å². The number of carbonyl (C=O) groups excluding carboxylic acids is 11. The topological polar surface area (TPSA) is 394 Å². The first-order chi connectivity index (χ1) is 65.5. The molecule has 12 rings (SSSR count). The number of allylic oxidation sites excluding steroid dienone is 3. The van der Waals surface area contributed by atoms with Crippen molar-refractivity contribution in [1.82, 2.24) is 0 Å². The fourth-order valence-corrected chi connectivity index (χ4v) is 16.7. The molecule has 10 aromatic carbocycles. The van der Waals surface area contributed by atoms with Crippen LogP contribution in [0.25, 0.3) is 26.9 Å². The molecule has 135 heavy (non-hydrogen) atoms. The molecule has 0 bridgehead atoms. The number of nitrogens with zero attached hydrogens (tertiary/aromatic N) is 4. The molecule has 0 radical (unpaired) electrons. The van der Waals surface area contributed by atoms with Crippen LogP contribution in [0.3, 0.4) is 0 Å². The minimum absolute atomic E-state index is 0.0635. The monoisotopic (exact) mass is 1890 g/mol. The van der Waals surface area contributed by atoms with Crippen molar-refractivity contribution < 1.29 is 124 Å². The molecule has 0 saturated carbocycles. The standard InChI is InChI=1S/C52H42N2O14S2.C49H32N2O12S2/c1-4-45(55)63-29-6-5-28-62-39-19-13-36(14-20-39)49(57)66-41-23-17-38(18-24-41)51(59)68-44-26-25-43(46-47(44)70-52(69-46)42(32-53)54-3)67-50(58)37-15-21-40(22-16-37)65-48(56)35-11-9-34(10-12-35)33(2)8-7-27-61-30-31-64-60;1-4-7-31-8-10-33(11-9-31)45(54)60-37-20-16-35(17-21-37)47(56)62-40-24-25-41(43-42(40)64-49(65-43)39(28-50)51-3)63-48(57)36-18-22-38(23-19-36)61-46(55)34-14-12-32(13-15-34)30(2)44(53)59-27-6-5-26-58-29-52/h4,9-26,60H,1-2,5-8,27-31H2;7-25,29H,1-2,5-6,26-27H2/b52-42+;49-39-. The van der Waals surface area contributed by atoms with E-state index in [0.29, 0.717) is 104 Å². The van der Waals surface area contributed by atoms with Gasteiger partial charge in [-0.3, -0.25) is 10.1 Å². The number of fused-ring (bicyclic) bond motifs is 2. The molecule has 0 amide bonds. The lowest BCUT2D eigenvalue weighted by molar-refractivity contribution is -0.249. The molecule has 0 fully saturated rings. The molecule has 2 aliphatic heterocycles. The maximum atomic E-state index is 13.4. The van der Waals surface area contributed by atoms with Gasteiger partial charge in [-0.25, -0.2) is 73.0 Å². The molecule has 2 heterocycles. The highest BCUT2D eigenvalue weighted by atomic mass is 32.2. The van der Waals surface area contributed by atoms with Gasteiger partial charge in [-0.1, -0.05) is 110 Å². The van der Waals surface area contributed by atoms with Crippen LogP contribution in [-0.4, -0.2) is 118 Å². The third-order valence-corrected chi connectivity index (χ3v) is 23.9. The van der Waals surface area contributed by atoms with Gasteiger partial charge >= 0.3 is 59.7 Å². The molecule has 34 heteroatoms. The number of hydrogen-bond acceptors (Lipinski definition) is 32. The first-order valence-electron chi connectivity index (χ1n) is 40.4. The van der Waals surface area contributed by atoms with Crippen molar-refractivity contribution in [3.8, 4) is 63.9 Å². The third kappa shape index (κ3) is 28.3. The number of thioether (sulfide) groups is 4. The highest BCUT2D eigenvalue weighted by Crippen LogP contribution is 2.61. The summed E-state index contributed by atoms with van der Waals surface area (Å²) in [5.41, 5.74) is 6.82. The second kappa shape index (κ2) is 50.1. The molecule has 1 N–H and O–H groups in total. The van der Waals surface area contributed by atoms with Gasteiger partial charge < -0.3 is 61.6 Å². The lowest BCUT2D eigenvalue weighted by atomic mass is 10.0. The van der Waals surface area contributed by atoms with Crippen LogP contribution in [-0.2, 0) is 38.2 Å². The van der Waals surface area contributed by atoms with Gasteiger partial charge in [-0.2, -0.15) is 0 Å². The van der Waals surface area contributed by atoms with Crippen LogP contribution in [0.1, 0.15) is 138 Å². The zero-order valence-electron chi connectivity index (χ0n) is 71.1. The average Bonchev–Trinajstić information content (AvgIpc) is 1.62. The van der Waals surface area contributed by atoms with Crippen molar-refractivity contribution in [1.29, 1.82) is 10.5 Å². The van der Waals surface area contributed by atoms with Crippen molar-refractivity contribution in [2.75, 3.05) is 46.2 Å². The SMILES string of the molecule is [C-]#[N+]/C(C#N)=C1/Sc2c(OC(=O)c3ccc(OC(=O)c4ccc(C=C=C)cc4)cc3)ccc(OC(=O)c3ccc(OC(=O)c4ccc(C(=C)C(=O)OCCCCOC=O)cc4)cc3)c2S1.[C-]#[N+]/C(C#N)=C1/Sc2c(OC(=O)c3ccc(OC(=O)c4ccc(OCCCCOC(=O)C=C)cc4)cc3)ccc(OC(=O)c3ccc(OC(=O)c4ccc(C(=C)CCCOCCOO)cc4)cc3)c2S1. The van der Waals surface area contributed by atoms with E-state index in [-0.39, 0.29) is 134 Å². The van der Waals surface area contributed by atoms with Crippen LogP contribution >= 0.6 is 47.0 Å². The van der Waals surface area contributed by atoms with Gasteiger partial charge in [-0.05, 0) is 249 Å². The molecule has 0 spiro atoms. The molecular formula is C101H74N4O26S4. The summed E-state index contributed by atoms with van der Waals surface area (Å²) in [7, 11) is 0. The van der Waals surface area contributed by atoms with Crippen molar-refractivity contribution in [3.05, 3.63) is 360 Å². The largest absolute Gasteiger partial charge is 0.494 e. The summed E-state index contributed by atoms with van der Waals surface area (Å²) in [6, 6.07) is 57.9. The van der Waals surface area contributed by atoms with Crippen LogP contribution in [0.5, 0.6) is 51.7 Å². The molecule has 678 valence electrons. The van der Waals surface area contributed by atoms with Gasteiger partial charge in [0.05, 0.1) is 136 Å². The average molecular weight is 1890 g/mol. The van der Waals surface area contributed by atoms with E-state index >= 15 is 0 Å². The second-order valence-electron chi connectivity index (χ2n) is 27.8. The summed E-state index contributed by atoms with van der Waals surface area (Å²) >= 11 is 4.03. The number of carbonyl (C=O) groups is 11. The summed E-state index contributed by atoms with van der Waals surface area (Å²) in [6.07, 6.45) is 6.45. The number of hydrogen-bond donors (Lipinski definition) is 1. The zero-order chi connectivity index (χ0) is 96.1. The lowest BCUT2D eigenvalue weighted by Crippen LogP contribution is -2.12. The van der Waals surface area contributed by atoms with Crippen LogP contribution in [0.15, 0.2) is 296 Å². The Bertz CT molecular complexity index is 6450. The maximum absolute atomic E-state index is 13.4. The lowest BCUT2D eigenvalue weighted by Gasteiger charge is -2.12. The molecular weight excluding hydrogens is 1810 g/mol. The minimum Gasteiger partial charge on any atom is -0.494 e. The second-order valence-corrected chi connectivity index (χ2v) is 32.4. The molecule has 0 unspecified atom stereocenters. The number of unbranched alkanes of at least 4 members (excludes halogenated alkanes) is 2. The smallest absolute Gasteiger partial charge is 0.343 e. The molecule has 30 nitrogen and oxygen atoms in total. The summed E-state index contributed by atoms with van der Waals surface area (Å²) in [4.78, 5) is 150. The Labute approximate surface area is 789 Å². The number of rotatable bonds is 40. The highest BCUT2D eigenvalue weighted by Gasteiger charge is 2.34. The van der Waals surface area contributed by atoms with E-state index in [4.69, 9.17) is 75.2 Å². The van der Waals surface area contributed by atoms with Crippen molar-refractivity contribution in [3.63, 3.8) is 0 Å². The van der Waals surface area contributed by atoms with Gasteiger partial charge in [0.2, 0.25) is 0 Å². The van der Waals surface area contributed by atoms with Crippen LogP contribution in [0.2, 0.25) is 0 Å².